The van der Waals surface area contributed by atoms with Gasteiger partial charge in [0.05, 0.1) is 5.69 Å². The van der Waals surface area contributed by atoms with Gasteiger partial charge in [-0.25, -0.2) is 0 Å². The Hall–Kier alpha value is -5.38. The van der Waals surface area contributed by atoms with Gasteiger partial charge in [-0.3, -0.25) is 0 Å². The molecule has 0 atom stereocenters. The van der Waals surface area contributed by atoms with E-state index in [1.54, 1.807) is 0 Å². The van der Waals surface area contributed by atoms with E-state index in [4.69, 9.17) is 4.42 Å². The fourth-order valence-electron chi connectivity index (χ4n) is 6.42. The summed E-state index contributed by atoms with van der Waals surface area (Å²) < 4.78 is 8.94. The van der Waals surface area contributed by atoms with Gasteiger partial charge in [0, 0.05) is 48.4 Å². The number of para-hydroxylation sites is 1. The molecule has 0 amide bonds. The van der Waals surface area contributed by atoms with Crippen LogP contribution in [0.5, 0.6) is 0 Å². The molecule has 0 radical (unpaired) electrons. The smallest absolute Gasteiger partial charge is 0.137 e. The van der Waals surface area contributed by atoms with E-state index in [2.05, 4.69) is 144 Å². The Kier molecular flexibility index (Phi) is 5.40. The molecule has 0 unspecified atom stereocenters. The predicted octanol–water partition coefficient (Wildman–Crippen LogP) is 12.2. The molecule has 0 aliphatic carbocycles. The fourth-order valence-corrected chi connectivity index (χ4v) is 7.54. The quantitative estimate of drug-likeness (QED) is 0.210. The van der Waals surface area contributed by atoms with Crippen LogP contribution in [-0.2, 0) is 0 Å². The van der Waals surface area contributed by atoms with Crippen LogP contribution in [0.15, 0.2) is 156 Å². The minimum absolute atomic E-state index is 0.886. The van der Waals surface area contributed by atoms with Crippen LogP contribution in [0.25, 0.3) is 64.0 Å². The van der Waals surface area contributed by atoms with Crippen molar-refractivity contribution in [2.24, 2.45) is 0 Å². The molecule has 0 aliphatic rings. The molecular formula is C40H25NOS. The number of rotatable bonds is 4. The highest BCUT2D eigenvalue weighted by molar-refractivity contribution is 7.26. The second-order valence-corrected chi connectivity index (χ2v) is 12.1. The van der Waals surface area contributed by atoms with E-state index < -0.39 is 0 Å². The first-order chi connectivity index (χ1) is 21.3. The molecule has 2 nitrogen and oxygen atoms in total. The third-order valence-electron chi connectivity index (χ3n) is 8.43. The highest BCUT2D eigenvalue weighted by Gasteiger charge is 2.20. The molecule has 0 fully saturated rings. The lowest BCUT2D eigenvalue weighted by Gasteiger charge is -2.27. The molecule has 0 bridgehead atoms. The summed E-state index contributed by atoms with van der Waals surface area (Å²) in [6, 6.07) is 54.4. The van der Waals surface area contributed by atoms with Gasteiger partial charge in [-0.05, 0) is 76.5 Å². The van der Waals surface area contributed by atoms with Gasteiger partial charge >= 0.3 is 0 Å². The highest BCUT2D eigenvalue weighted by Crippen LogP contribution is 2.46. The third kappa shape index (κ3) is 3.93. The standard InChI is InChI=1S/C40H25NOS/c1-2-10-27-23-29(20-19-26(27)9-1)28-11-7-12-30(24-28)41(31-21-22-33-32-13-3-5-16-36(32)42-37(33)25-31)35-15-8-18-39-40(35)34-14-4-6-17-38(34)43-39/h1-25H. The Morgan fingerprint density at radius 3 is 2.12 bits per heavy atom. The fraction of sp³-hybridized carbons (Fsp3) is 0. The maximum Gasteiger partial charge on any atom is 0.137 e. The predicted molar refractivity (Wildman–Crippen MR) is 184 cm³/mol. The minimum Gasteiger partial charge on any atom is -0.456 e. The molecule has 7 aromatic carbocycles. The van der Waals surface area contributed by atoms with Crippen LogP contribution in [0, 0.1) is 0 Å². The molecule has 3 heteroatoms. The van der Waals surface area contributed by atoms with Gasteiger partial charge in [0.2, 0.25) is 0 Å². The van der Waals surface area contributed by atoms with Crippen LogP contribution in [0.3, 0.4) is 0 Å². The summed E-state index contributed by atoms with van der Waals surface area (Å²) >= 11 is 1.85. The van der Waals surface area contributed by atoms with Gasteiger partial charge < -0.3 is 9.32 Å². The van der Waals surface area contributed by atoms with Gasteiger partial charge in [-0.2, -0.15) is 0 Å². The zero-order valence-electron chi connectivity index (χ0n) is 23.2. The van der Waals surface area contributed by atoms with Crippen molar-refractivity contribution in [3.05, 3.63) is 152 Å². The number of hydrogen-bond acceptors (Lipinski definition) is 3. The molecule has 0 saturated heterocycles. The van der Waals surface area contributed by atoms with E-state index in [0.29, 0.717) is 0 Å². The molecule has 9 rings (SSSR count). The summed E-state index contributed by atoms with van der Waals surface area (Å²) in [6.07, 6.45) is 0. The zero-order valence-corrected chi connectivity index (χ0v) is 24.0. The number of hydrogen-bond donors (Lipinski definition) is 0. The lowest BCUT2D eigenvalue weighted by Crippen LogP contribution is -2.10. The first kappa shape index (κ1) is 24.2. The van der Waals surface area contributed by atoms with Crippen molar-refractivity contribution in [3.8, 4) is 11.1 Å². The first-order valence-corrected chi connectivity index (χ1v) is 15.3. The minimum atomic E-state index is 0.886. The molecule has 0 saturated carbocycles. The van der Waals surface area contributed by atoms with E-state index in [0.717, 1.165) is 39.0 Å². The molecule has 2 aromatic heterocycles. The topological polar surface area (TPSA) is 16.4 Å². The van der Waals surface area contributed by atoms with E-state index in [1.165, 1.54) is 42.1 Å². The van der Waals surface area contributed by atoms with Crippen LogP contribution in [0.1, 0.15) is 0 Å². The Labute approximate surface area is 252 Å². The number of furan rings is 1. The number of fused-ring (bicyclic) bond motifs is 7. The van der Waals surface area contributed by atoms with Crippen molar-refractivity contribution >= 4 is 81.3 Å². The molecule has 0 N–H and O–H groups in total. The second kappa shape index (κ2) is 9.59. The summed E-state index contributed by atoms with van der Waals surface area (Å²) in [4.78, 5) is 2.39. The van der Waals surface area contributed by atoms with Crippen molar-refractivity contribution in [2.75, 3.05) is 4.90 Å². The second-order valence-electron chi connectivity index (χ2n) is 11.0. The lowest BCUT2D eigenvalue weighted by molar-refractivity contribution is 0.669. The largest absolute Gasteiger partial charge is 0.456 e. The average Bonchev–Trinajstić information content (AvgIpc) is 3.63. The summed E-state index contributed by atoms with van der Waals surface area (Å²) in [5, 5.41) is 7.30. The van der Waals surface area contributed by atoms with Gasteiger partial charge in [-0.1, -0.05) is 91.0 Å². The summed E-state index contributed by atoms with van der Waals surface area (Å²) in [5.74, 6) is 0. The van der Waals surface area contributed by atoms with Gasteiger partial charge in [0.1, 0.15) is 11.2 Å². The van der Waals surface area contributed by atoms with Crippen LogP contribution >= 0.6 is 11.3 Å². The van der Waals surface area contributed by atoms with Crippen molar-refractivity contribution < 1.29 is 4.42 Å². The van der Waals surface area contributed by atoms with E-state index in [9.17, 15) is 0 Å². The van der Waals surface area contributed by atoms with Crippen LogP contribution in [-0.4, -0.2) is 0 Å². The Balaban J connectivity index is 1.29. The van der Waals surface area contributed by atoms with Crippen LogP contribution in [0.4, 0.5) is 17.1 Å². The summed E-state index contributed by atoms with van der Waals surface area (Å²) in [6.45, 7) is 0. The van der Waals surface area contributed by atoms with E-state index in [1.807, 2.05) is 23.5 Å². The Morgan fingerprint density at radius 2 is 1.16 bits per heavy atom. The normalized spacial score (nSPS) is 11.7. The lowest BCUT2D eigenvalue weighted by atomic mass is 10.00. The zero-order chi connectivity index (χ0) is 28.3. The third-order valence-corrected chi connectivity index (χ3v) is 9.57. The molecule has 0 spiro atoms. The first-order valence-electron chi connectivity index (χ1n) is 14.5. The van der Waals surface area contributed by atoms with Crippen LogP contribution < -0.4 is 4.90 Å². The summed E-state index contributed by atoms with van der Waals surface area (Å²) in [5.41, 5.74) is 7.49. The van der Waals surface area contributed by atoms with Crippen molar-refractivity contribution in [2.45, 2.75) is 0 Å². The monoisotopic (exact) mass is 567 g/mol. The number of anilines is 3. The molecule has 9 aromatic rings. The number of benzene rings is 7. The van der Waals surface area contributed by atoms with E-state index in [-0.39, 0.29) is 0 Å². The average molecular weight is 568 g/mol. The molecule has 43 heavy (non-hydrogen) atoms. The van der Waals surface area contributed by atoms with Gasteiger partial charge in [0.15, 0.2) is 0 Å². The number of nitrogens with zero attached hydrogens (tertiary/aromatic N) is 1. The SMILES string of the molecule is c1cc(-c2ccc3ccccc3c2)cc(N(c2ccc3c(c2)oc2ccccc23)c2cccc3sc4ccccc4c23)c1. The molecule has 0 aliphatic heterocycles. The summed E-state index contributed by atoms with van der Waals surface area (Å²) in [7, 11) is 0. The van der Waals surface area contributed by atoms with Crippen LogP contribution in [0.2, 0.25) is 0 Å². The Bertz CT molecular complexity index is 2480. The van der Waals surface area contributed by atoms with Crippen molar-refractivity contribution in [1.82, 2.24) is 0 Å². The highest BCUT2D eigenvalue weighted by atomic mass is 32.1. The van der Waals surface area contributed by atoms with Crippen molar-refractivity contribution in [3.63, 3.8) is 0 Å². The molecule has 202 valence electrons. The van der Waals surface area contributed by atoms with Crippen molar-refractivity contribution in [1.29, 1.82) is 0 Å². The number of thiophene rings is 1. The van der Waals surface area contributed by atoms with Gasteiger partial charge in [-0.15, -0.1) is 11.3 Å². The van der Waals surface area contributed by atoms with Gasteiger partial charge in [0.25, 0.3) is 0 Å². The Morgan fingerprint density at radius 1 is 0.442 bits per heavy atom. The maximum absolute atomic E-state index is 6.37. The molecule has 2 heterocycles. The molecular weight excluding hydrogens is 543 g/mol. The maximum atomic E-state index is 6.37. The van der Waals surface area contributed by atoms with E-state index >= 15 is 0 Å².